The Labute approximate surface area is 104 Å². The molecular formula is C12H15N3O3. The number of carboxylic acids is 1. The molecule has 0 bridgehead atoms. The average molecular weight is 249 g/mol. The van der Waals surface area contributed by atoms with E-state index in [4.69, 9.17) is 16.6 Å². The second-order valence-corrected chi connectivity index (χ2v) is 4.43. The van der Waals surface area contributed by atoms with Crippen molar-refractivity contribution in [2.45, 2.75) is 24.9 Å². The highest BCUT2D eigenvalue weighted by Gasteiger charge is 2.21. The van der Waals surface area contributed by atoms with Crippen LogP contribution in [0.15, 0.2) is 18.2 Å². The lowest BCUT2D eigenvalue weighted by Crippen LogP contribution is -2.33. The standard InChI is InChI=1S/C12H15N3O3/c13-8(5-9(14)12(17)18)6-1-2-10-7(3-6)4-11(16)15-10/h1-3,8-9H,4-5,13-14H2,(H,15,16)(H,17,18). The third kappa shape index (κ3) is 2.49. The van der Waals surface area contributed by atoms with E-state index in [1.54, 1.807) is 12.1 Å². The van der Waals surface area contributed by atoms with E-state index in [0.717, 1.165) is 16.8 Å². The molecule has 96 valence electrons. The molecule has 0 radical (unpaired) electrons. The van der Waals surface area contributed by atoms with Crippen LogP contribution in [0.25, 0.3) is 0 Å². The predicted octanol–water partition coefficient (Wildman–Crippen LogP) is -0.0170. The third-order valence-electron chi connectivity index (χ3n) is 3.01. The lowest BCUT2D eigenvalue weighted by molar-refractivity contribution is -0.138. The Morgan fingerprint density at radius 1 is 1.44 bits per heavy atom. The summed E-state index contributed by atoms with van der Waals surface area (Å²) < 4.78 is 0. The van der Waals surface area contributed by atoms with Crippen LogP contribution in [0.3, 0.4) is 0 Å². The van der Waals surface area contributed by atoms with Gasteiger partial charge in [0.15, 0.2) is 0 Å². The quantitative estimate of drug-likeness (QED) is 0.598. The summed E-state index contributed by atoms with van der Waals surface area (Å²) in [6, 6.07) is 3.96. The number of carboxylic acid groups (broad SMARTS) is 1. The van der Waals surface area contributed by atoms with E-state index in [1.165, 1.54) is 0 Å². The second kappa shape index (κ2) is 4.75. The third-order valence-corrected chi connectivity index (χ3v) is 3.01. The molecule has 2 rings (SSSR count). The van der Waals surface area contributed by atoms with Crippen LogP contribution < -0.4 is 16.8 Å². The minimum absolute atomic E-state index is 0.0436. The van der Waals surface area contributed by atoms with Crippen molar-refractivity contribution in [2.75, 3.05) is 5.32 Å². The molecule has 1 aromatic rings. The van der Waals surface area contributed by atoms with Gasteiger partial charge in [-0.3, -0.25) is 9.59 Å². The van der Waals surface area contributed by atoms with Crippen LogP contribution in [0.2, 0.25) is 0 Å². The van der Waals surface area contributed by atoms with Crippen molar-refractivity contribution < 1.29 is 14.7 Å². The fourth-order valence-corrected chi connectivity index (χ4v) is 1.99. The number of amides is 1. The smallest absolute Gasteiger partial charge is 0.320 e. The maximum atomic E-state index is 11.2. The van der Waals surface area contributed by atoms with Crippen LogP contribution in [-0.2, 0) is 16.0 Å². The molecule has 1 aliphatic heterocycles. The number of carbonyl (C=O) groups is 2. The number of benzene rings is 1. The van der Waals surface area contributed by atoms with Crippen LogP contribution in [0.4, 0.5) is 5.69 Å². The molecule has 6 nitrogen and oxygen atoms in total. The van der Waals surface area contributed by atoms with Crippen LogP contribution in [0.1, 0.15) is 23.6 Å². The Balaban J connectivity index is 2.12. The van der Waals surface area contributed by atoms with E-state index in [0.29, 0.717) is 6.42 Å². The van der Waals surface area contributed by atoms with E-state index >= 15 is 0 Å². The molecule has 2 unspecified atom stereocenters. The normalized spacial score (nSPS) is 16.9. The van der Waals surface area contributed by atoms with Crippen LogP contribution >= 0.6 is 0 Å². The van der Waals surface area contributed by atoms with Crippen molar-refractivity contribution in [3.05, 3.63) is 29.3 Å². The van der Waals surface area contributed by atoms with Crippen molar-refractivity contribution in [1.82, 2.24) is 0 Å². The van der Waals surface area contributed by atoms with Crippen molar-refractivity contribution in [2.24, 2.45) is 11.5 Å². The van der Waals surface area contributed by atoms with E-state index in [1.807, 2.05) is 6.07 Å². The van der Waals surface area contributed by atoms with Crippen LogP contribution in [-0.4, -0.2) is 23.0 Å². The number of rotatable bonds is 4. The van der Waals surface area contributed by atoms with Crippen molar-refractivity contribution >= 4 is 17.6 Å². The van der Waals surface area contributed by atoms with E-state index in [-0.39, 0.29) is 12.3 Å². The predicted molar refractivity (Wildman–Crippen MR) is 65.9 cm³/mol. The number of hydrogen-bond donors (Lipinski definition) is 4. The molecule has 2 atom stereocenters. The van der Waals surface area contributed by atoms with Gasteiger partial charge in [0.25, 0.3) is 0 Å². The first-order valence-corrected chi connectivity index (χ1v) is 5.64. The molecule has 0 aliphatic carbocycles. The zero-order valence-corrected chi connectivity index (χ0v) is 9.72. The summed E-state index contributed by atoms with van der Waals surface area (Å²) in [5.41, 5.74) is 13.8. The first-order chi connectivity index (χ1) is 8.47. The number of aliphatic carboxylic acids is 1. The van der Waals surface area contributed by atoms with E-state index in [9.17, 15) is 9.59 Å². The highest BCUT2D eigenvalue weighted by Crippen LogP contribution is 2.27. The molecule has 0 saturated carbocycles. The van der Waals surface area contributed by atoms with E-state index < -0.39 is 18.1 Å². The molecule has 0 aromatic heterocycles. The Morgan fingerprint density at radius 2 is 2.17 bits per heavy atom. The highest BCUT2D eigenvalue weighted by atomic mass is 16.4. The topological polar surface area (TPSA) is 118 Å². The summed E-state index contributed by atoms with van der Waals surface area (Å²) in [5, 5.41) is 11.5. The first-order valence-electron chi connectivity index (χ1n) is 5.64. The lowest BCUT2D eigenvalue weighted by Gasteiger charge is -2.15. The second-order valence-electron chi connectivity index (χ2n) is 4.43. The molecule has 6 heteroatoms. The molecule has 1 aliphatic rings. The average Bonchev–Trinajstić information content (AvgIpc) is 2.67. The summed E-state index contributed by atoms with van der Waals surface area (Å²) in [6.07, 6.45) is 0.496. The lowest BCUT2D eigenvalue weighted by atomic mass is 9.98. The van der Waals surface area contributed by atoms with Gasteiger partial charge in [0, 0.05) is 11.7 Å². The van der Waals surface area contributed by atoms with Crippen LogP contribution in [0.5, 0.6) is 0 Å². The molecule has 0 fully saturated rings. The zero-order chi connectivity index (χ0) is 13.3. The SMILES string of the molecule is NC(CC(N)c1ccc2c(c1)CC(=O)N2)C(=O)O. The minimum Gasteiger partial charge on any atom is -0.480 e. The summed E-state index contributed by atoms with van der Waals surface area (Å²) >= 11 is 0. The van der Waals surface area contributed by atoms with Gasteiger partial charge >= 0.3 is 5.97 Å². The van der Waals surface area contributed by atoms with Gasteiger partial charge in [0.1, 0.15) is 6.04 Å². The number of anilines is 1. The number of hydrogen-bond acceptors (Lipinski definition) is 4. The van der Waals surface area contributed by atoms with Crippen molar-refractivity contribution in [3.8, 4) is 0 Å². The van der Waals surface area contributed by atoms with Gasteiger partial charge in [0.05, 0.1) is 6.42 Å². The van der Waals surface area contributed by atoms with Crippen molar-refractivity contribution in [1.29, 1.82) is 0 Å². The summed E-state index contributed by atoms with van der Waals surface area (Å²) in [7, 11) is 0. The monoisotopic (exact) mass is 249 g/mol. The Morgan fingerprint density at radius 3 is 2.83 bits per heavy atom. The maximum absolute atomic E-state index is 11.2. The first kappa shape index (κ1) is 12.5. The molecule has 0 saturated heterocycles. The van der Waals surface area contributed by atoms with Gasteiger partial charge in [-0.25, -0.2) is 0 Å². The van der Waals surface area contributed by atoms with E-state index in [2.05, 4.69) is 5.32 Å². The van der Waals surface area contributed by atoms with Gasteiger partial charge < -0.3 is 21.9 Å². The molecule has 0 spiro atoms. The van der Waals surface area contributed by atoms with Gasteiger partial charge in [-0.15, -0.1) is 0 Å². The molecule has 6 N–H and O–H groups in total. The number of nitrogens with two attached hydrogens (primary N) is 2. The Kier molecular flexibility index (Phi) is 3.31. The number of nitrogens with one attached hydrogen (secondary N) is 1. The highest BCUT2D eigenvalue weighted by molar-refractivity contribution is 5.99. The maximum Gasteiger partial charge on any atom is 0.320 e. The van der Waals surface area contributed by atoms with Gasteiger partial charge in [0.2, 0.25) is 5.91 Å². The summed E-state index contributed by atoms with van der Waals surface area (Å²) in [5.74, 6) is -1.11. The fourth-order valence-electron chi connectivity index (χ4n) is 1.99. The summed E-state index contributed by atoms with van der Waals surface area (Å²) in [6.45, 7) is 0. The molecule has 1 aromatic carbocycles. The largest absolute Gasteiger partial charge is 0.480 e. The van der Waals surface area contributed by atoms with Gasteiger partial charge in [-0.2, -0.15) is 0 Å². The molecular weight excluding hydrogens is 234 g/mol. The fraction of sp³-hybridized carbons (Fsp3) is 0.333. The van der Waals surface area contributed by atoms with Gasteiger partial charge in [-0.05, 0) is 23.6 Å². The number of fused-ring (bicyclic) bond motifs is 1. The Hall–Kier alpha value is -1.92. The molecule has 18 heavy (non-hydrogen) atoms. The summed E-state index contributed by atoms with van der Waals surface area (Å²) in [4.78, 5) is 21.9. The zero-order valence-electron chi connectivity index (χ0n) is 9.72. The molecule has 1 amide bonds. The molecule has 1 heterocycles. The minimum atomic E-state index is -1.07. The number of carbonyl (C=O) groups excluding carboxylic acids is 1. The van der Waals surface area contributed by atoms with Crippen molar-refractivity contribution in [3.63, 3.8) is 0 Å². The Bertz CT molecular complexity index is 501. The van der Waals surface area contributed by atoms with Crippen LogP contribution in [0, 0.1) is 0 Å². The van der Waals surface area contributed by atoms with Gasteiger partial charge in [-0.1, -0.05) is 12.1 Å².